The van der Waals surface area contributed by atoms with Crippen LogP contribution >= 0.6 is 0 Å². The van der Waals surface area contributed by atoms with Crippen molar-refractivity contribution >= 4 is 5.91 Å². The molecule has 0 aliphatic heterocycles. The Labute approximate surface area is 127 Å². The maximum absolute atomic E-state index is 12.1. The molecule has 0 bridgehead atoms. The standard InChI is InChI=1S/C17H27NO3/c1-4-5-6-7-8-9-10-18-17(19)14-11-15(20-2)13-16(12-14)21-3/h11-13H,4-10H2,1-3H3,(H,18,19). The molecule has 4 nitrogen and oxygen atoms in total. The van der Waals surface area contributed by atoms with Crippen LogP contribution in [0.4, 0.5) is 0 Å². The molecule has 0 radical (unpaired) electrons. The Balaban J connectivity index is 2.38. The van der Waals surface area contributed by atoms with Crippen LogP contribution in [0.2, 0.25) is 0 Å². The first kappa shape index (κ1) is 17.3. The van der Waals surface area contributed by atoms with E-state index in [0.717, 1.165) is 6.42 Å². The molecular formula is C17H27NO3. The van der Waals surface area contributed by atoms with Crippen molar-refractivity contribution in [3.05, 3.63) is 23.8 Å². The number of unbranched alkanes of at least 4 members (excludes halogenated alkanes) is 5. The number of carbonyl (C=O) groups excluding carboxylic acids is 1. The van der Waals surface area contributed by atoms with Crippen LogP contribution in [0, 0.1) is 0 Å². The lowest BCUT2D eigenvalue weighted by Crippen LogP contribution is -2.24. The number of benzene rings is 1. The molecule has 0 atom stereocenters. The van der Waals surface area contributed by atoms with Gasteiger partial charge in [-0.15, -0.1) is 0 Å². The minimum atomic E-state index is -0.0826. The van der Waals surface area contributed by atoms with Crippen LogP contribution in [0.3, 0.4) is 0 Å². The molecule has 0 unspecified atom stereocenters. The van der Waals surface area contributed by atoms with E-state index in [9.17, 15) is 4.79 Å². The first-order valence-electron chi connectivity index (χ1n) is 7.72. The van der Waals surface area contributed by atoms with Gasteiger partial charge in [-0.25, -0.2) is 0 Å². The summed E-state index contributed by atoms with van der Waals surface area (Å²) in [5, 5.41) is 2.94. The molecule has 0 saturated heterocycles. The van der Waals surface area contributed by atoms with Crippen LogP contribution in [0.1, 0.15) is 55.8 Å². The molecule has 0 aliphatic rings. The van der Waals surface area contributed by atoms with Gasteiger partial charge in [0, 0.05) is 18.2 Å². The molecule has 0 aliphatic carbocycles. The van der Waals surface area contributed by atoms with Crippen LogP contribution in [0.15, 0.2) is 18.2 Å². The number of methoxy groups -OCH3 is 2. The second-order valence-corrected chi connectivity index (χ2v) is 5.13. The van der Waals surface area contributed by atoms with Crippen molar-refractivity contribution < 1.29 is 14.3 Å². The van der Waals surface area contributed by atoms with E-state index in [1.807, 2.05) is 0 Å². The summed E-state index contributed by atoms with van der Waals surface area (Å²) in [5.41, 5.74) is 0.567. The largest absolute Gasteiger partial charge is 0.497 e. The SMILES string of the molecule is CCCCCCCCNC(=O)c1cc(OC)cc(OC)c1. The summed E-state index contributed by atoms with van der Waals surface area (Å²) in [6, 6.07) is 5.20. The highest BCUT2D eigenvalue weighted by molar-refractivity contribution is 5.95. The molecule has 21 heavy (non-hydrogen) atoms. The average Bonchev–Trinajstić information content (AvgIpc) is 2.53. The normalized spacial score (nSPS) is 10.2. The van der Waals surface area contributed by atoms with Crippen LogP contribution in [0.25, 0.3) is 0 Å². The molecule has 0 spiro atoms. The van der Waals surface area contributed by atoms with Crippen LogP contribution in [-0.4, -0.2) is 26.7 Å². The van der Waals surface area contributed by atoms with Crippen LogP contribution in [-0.2, 0) is 0 Å². The number of hydrogen-bond donors (Lipinski definition) is 1. The monoisotopic (exact) mass is 293 g/mol. The van der Waals surface area contributed by atoms with Crippen molar-refractivity contribution in [1.82, 2.24) is 5.32 Å². The van der Waals surface area contributed by atoms with Crippen LogP contribution in [0.5, 0.6) is 11.5 Å². The quantitative estimate of drug-likeness (QED) is 0.668. The van der Waals surface area contributed by atoms with Gasteiger partial charge in [0.2, 0.25) is 0 Å². The highest BCUT2D eigenvalue weighted by Crippen LogP contribution is 2.22. The highest BCUT2D eigenvalue weighted by atomic mass is 16.5. The molecule has 0 heterocycles. The molecule has 0 fully saturated rings. The third-order valence-corrected chi connectivity index (χ3v) is 3.43. The van der Waals surface area contributed by atoms with Gasteiger partial charge in [0.25, 0.3) is 5.91 Å². The van der Waals surface area contributed by atoms with Crippen molar-refractivity contribution in [1.29, 1.82) is 0 Å². The minimum absolute atomic E-state index is 0.0826. The predicted molar refractivity (Wildman–Crippen MR) is 85.3 cm³/mol. The van der Waals surface area contributed by atoms with E-state index >= 15 is 0 Å². The van der Waals surface area contributed by atoms with Gasteiger partial charge < -0.3 is 14.8 Å². The molecule has 118 valence electrons. The Morgan fingerprint density at radius 3 is 2.10 bits per heavy atom. The Hall–Kier alpha value is -1.71. The summed E-state index contributed by atoms with van der Waals surface area (Å²) in [6.45, 7) is 2.92. The highest BCUT2D eigenvalue weighted by Gasteiger charge is 2.09. The summed E-state index contributed by atoms with van der Waals surface area (Å²) < 4.78 is 10.3. The van der Waals surface area contributed by atoms with Gasteiger partial charge >= 0.3 is 0 Å². The van der Waals surface area contributed by atoms with Gasteiger partial charge in [-0.2, -0.15) is 0 Å². The fourth-order valence-corrected chi connectivity index (χ4v) is 2.15. The average molecular weight is 293 g/mol. The number of ether oxygens (including phenoxy) is 2. The van der Waals surface area contributed by atoms with Crippen molar-refractivity contribution in [3.8, 4) is 11.5 Å². The zero-order valence-electron chi connectivity index (χ0n) is 13.4. The van der Waals surface area contributed by atoms with E-state index in [1.54, 1.807) is 32.4 Å². The number of hydrogen-bond acceptors (Lipinski definition) is 3. The number of amides is 1. The van der Waals surface area contributed by atoms with Gasteiger partial charge in [-0.3, -0.25) is 4.79 Å². The molecule has 1 aromatic rings. The van der Waals surface area contributed by atoms with E-state index < -0.39 is 0 Å². The fourth-order valence-electron chi connectivity index (χ4n) is 2.15. The van der Waals surface area contributed by atoms with E-state index in [-0.39, 0.29) is 5.91 Å². The second-order valence-electron chi connectivity index (χ2n) is 5.13. The minimum Gasteiger partial charge on any atom is -0.497 e. The van der Waals surface area contributed by atoms with E-state index in [2.05, 4.69) is 12.2 Å². The Bertz CT molecular complexity index is 410. The summed E-state index contributed by atoms with van der Waals surface area (Å²) in [4.78, 5) is 12.1. The fraction of sp³-hybridized carbons (Fsp3) is 0.588. The molecule has 1 aromatic carbocycles. The molecule has 1 N–H and O–H groups in total. The smallest absolute Gasteiger partial charge is 0.251 e. The van der Waals surface area contributed by atoms with Crippen molar-refractivity contribution in [2.24, 2.45) is 0 Å². The molecule has 0 aromatic heterocycles. The number of nitrogens with one attached hydrogen (secondary N) is 1. The first-order chi connectivity index (χ1) is 10.2. The van der Waals surface area contributed by atoms with Gasteiger partial charge in [0.05, 0.1) is 14.2 Å². The third kappa shape index (κ3) is 6.52. The lowest BCUT2D eigenvalue weighted by Gasteiger charge is -2.09. The lowest BCUT2D eigenvalue weighted by atomic mass is 10.1. The molecule has 1 rings (SSSR count). The number of rotatable bonds is 10. The predicted octanol–water partition coefficient (Wildman–Crippen LogP) is 3.79. The summed E-state index contributed by atoms with van der Waals surface area (Å²) >= 11 is 0. The summed E-state index contributed by atoms with van der Waals surface area (Å²) in [5.74, 6) is 1.17. The topological polar surface area (TPSA) is 47.6 Å². The third-order valence-electron chi connectivity index (χ3n) is 3.43. The maximum Gasteiger partial charge on any atom is 0.251 e. The van der Waals surface area contributed by atoms with Gasteiger partial charge in [0.15, 0.2) is 0 Å². The Kier molecular flexibility index (Phi) is 8.32. The van der Waals surface area contributed by atoms with Crippen molar-refractivity contribution in [2.75, 3.05) is 20.8 Å². The molecule has 0 saturated carbocycles. The number of carbonyl (C=O) groups is 1. The van der Waals surface area contributed by atoms with E-state index in [4.69, 9.17) is 9.47 Å². The van der Waals surface area contributed by atoms with Gasteiger partial charge in [0.1, 0.15) is 11.5 Å². The van der Waals surface area contributed by atoms with Crippen molar-refractivity contribution in [2.45, 2.75) is 45.4 Å². The van der Waals surface area contributed by atoms with E-state index in [1.165, 1.54) is 32.1 Å². The summed E-state index contributed by atoms with van der Waals surface area (Å²) in [6.07, 6.45) is 7.29. The zero-order chi connectivity index (χ0) is 15.5. The lowest BCUT2D eigenvalue weighted by molar-refractivity contribution is 0.0952. The molecular weight excluding hydrogens is 266 g/mol. The van der Waals surface area contributed by atoms with Gasteiger partial charge in [-0.05, 0) is 18.6 Å². The van der Waals surface area contributed by atoms with E-state index in [0.29, 0.717) is 23.6 Å². The van der Waals surface area contributed by atoms with Gasteiger partial charge in [-0.1, -0.05) is 39.0 Å². The molecule has 1 amide bonds. The van der Waals surface area contributed by atoms with Crippen LogP contribution < -0.4 is 14.8 Å². The first-order valence-corrected chi connectivity index (χ1v) is 7.72. The zero-order valence-corrected chi connectivity index (χ0v) is 13.4. The molecule has 4 heteroatoms. The Morgan fingerprint density at radius 2 is 1.52 bits per heavy atom. The maximum atomic E-state index is 12.1. The summed E-state index contributed by atoms with van der Waals surface area (Å²) in [7, 11) is 3.15. The van der Waals surface area contributed by atoms with Crippen molar-refractivity contribution in [3.63, 3.8) is 0 Å². The second kappa shape index (κ2) is 10.1. The Morgan fingerprint density at radius 1 is 0.952 bits per heavy atom.